The summed E-state index contributed by atoms with van der Waals surface area (Å²) in [6.45, 7) is 6.31. The molecule has 0 radical (unpaired) electrons. The Labute approximate surface area is 155 Å². The quantitative estimate of drug-likeness (QED) is 0.549. The molecule has 0 spiro atoms. The molecule has 0 aliphatic rings. The molecular formula is C22H27NO3. The molecule has 2 rings (SSSR count). The van der Waals surface area contributed by atoms with E-state index in [4.69, 9.17) is 4.74 Å². The maximum atomic E-state index is 12.0. The van der Waals surface area contributed by atoms with Gasteiger partial charge in [-0.15, -0.1) is 0 Å². The van der Waals surface area contributed by atoms with Gasteiger partial charge in [0.25, 0.3) is 0 Å². The number of aryl methyl sites for hydroxylation is 2. The van der Waals surface area contributed by atoms with E-state index in [0.29, 0.717) is 12.2 Å². The highest BCUT2D eigenvalue weighted by Crippen LogP contribution is 2.19. The molecule has 0 saturated heterocycles. The van der Waals surface area contributed by atoms with Gasteiger partial charge < -0.3 is 10.1 Å². The molecule has 2 aromatic carbocycles. The van der Waals surface area contributed by atoms with E-state index in [-0.39, 0.29) is 17.8 Å². The smallest absolute Gasteiger partial charge is 0.338 e. The molecule has 1 unspecified atom stereocenters. The first kappa shape index (κ1) is 19.7. The van der Waals surface area contributed by atoms with Gasteiger partial charge in [0.05, 0.1) is 12.2 Å². The topological polar surface area (TPSA) is 55.4 Å². The van der Waals surface area contributed by atoms with Gasteiger partial charge in [0, 0.05) is 11.6 Å². The summed E-state index contributed by atoms with van der Waals surface area (Å²) < 4.78 is 5.30. The number of amides is 1. The number of nitrogens with one attached hydrogen (secondary N) is 1. The lowest BCUT2D eigenvalue weighted by molar-refractivity contribution is -0.119. The Balaban J connectivity index is 1.80. The molecule has 26 heavy (non-hydrogen) atoms. The van der Waals surface area contributed by atoms with Crippen LogP contribution >= 0.6 is 0 Å². The SMILES string of the molecule is CCC(C)C(=O)Nc1ccc(CCCOC(=O)c2ccccc2)cc1C. The molecule has 1 N–H and O–H groups in total. The molecule has 138 valence electrons. The van der Waals surface area contributed by atoms with Gasteiger partial charge in [0.15, 0.2) is 0 Å². The zero-order valence-corrected chi connectivity index (χ0v) is 15.7. The van der Waals surface area contributed by atoms with Gasteiger partial charge in [-0.3, -0.25) is 4.79 Å². The first-order valence-electron chi connectivity index (χ1n) is 9.13. The molecule has 0 bridgehead atoms. The van der Waals surface area contributed by atoms with Crippen LogP contribution in [0.15, 0.2) is 48.5 Å². The highest BCUT2D eigenvalue weighted by atomic mass is 16.5. The third kappa shape index (κ3) is 5.73. The number of esters is 1. The second kappa shape index (κ2) is 9.76. The van der Waals surface area contributed by atoms with Crippen LogP contribution in [0.1, 0.15) is 48.2 Å². The van der Waals surface area contributed by atoms with E-state index < -0.39 is 0 Å². The van der Waals surface area contributed by atoms with Crippen LogP contribution in [0.25, 0.3) is 0 Å². The monoisotopic (exact) mass is 353 g/mol. The van der Waals surface area contributed by atoms with Crippen LogP contribution in [-0.2, 0) is 16.0 Å². The van der Waals surface area contributed by atoms with E-state index in [1.165, 1.54) is 5.56 Å². The standard InChI is InChI=1S/C22H27NO3/c1-4-16(2)21(24)23-20-13-12-18(15-17(20)3)9-8-14-26-22(25)19-10-6-5-7-11-19/h5-7,10-13,15-16H,4,8-9,14H2,1-3H3,(H,23,24). The van der Waals surface area contributed by atoms with E-state index in [0.717, 1.165) is 30.5 Å². The molecular weight excluding hydrogens is 326 g/mol. The maximum Gasteiger partial charge on any atom is 0.338 e. The largest absolute Gasteiger partial charge is 0.462 e. The van der Waals surface area contributed by atoms with Gasteiger partial charge in [0.2, 0.25) is 5.91 Å². The predicted molar refractivity (Wildman–Crippen MR) is 104 cm³/mol. The third-order valence-corrected chi connectivity index (χ3v) is 4.46. The van der Waals surface area contributed by atoms with Crippen LogP contribution in [0.3, 0.4) is 0 Å². The highest BCUT2D eigenvalue weighted by molar-refractivity contribution is 5.93. The van der Waals surface area contributed by atoms with E-state index in [1.807, 2.05) is 51.1 Å². The lowest BCUT2D eigenvalue weighted by atomic mass is 10.0. The predicted octanol–water partition coefficient (Wildman–Crippen LogP) is 4.77. The van der Waals surface area contributed by atoms with Gasteiger partial charge in [-0.1, -0.05) is 44.2 Å². The average Bonchev–Trinajstić information content (AvgIpc) is 2.66. The first-order valence-corrected chi connectivity index (χ1v) is 9.13. The van der Waals surface area contributed by atoms with Gasteiger partial charge in [-0.2, -0.15) is 0 Å². The Bertz CT molecular complexity index is 740. The van der Waals surface area contributed by atoms with Crippen molar-refractivity contribution in [3.63, 3.8) is 0 Å². The van der Waals surface area contributed by atoms with E-state index in [9.17, 15) is 9.59 Å². The normalized spacial score (nSPS) is 11.7. The third-order valence-electron chi connectivity index (χ3n) is 4.46. The van der Waals surface area contributed by atoms with E-state index in [2.05, 4.69) is 11.4 Å². The van der Waals surface area contributed by atoms with Crippen molar-refractivity contribution in [2.45, 2.75) is 40.0 Å². The summed E-state index contributed by atoms with van der Waals surface area (Å²) in [5.74, 6) is -0.227. The second-order valence-corrected chi connectivity index (χ2v) is 6.55. The van der Waals surface area contributed by atoms with Crippen LogP contribution in [-0.4, -0.2) is 18.5 Å². The average molecular weight is 353 g/mol. The van der Waals surface area contributed by atoms with Crippen molar-refractivity contribution in [1.29, 1.82) is 0 Å². The second-order valence-electron chi connectivity index (χ2n) is 6.55. The summed E-state index contributed by atoms with van der Waals surface area (Å²) in [4.78, 5) is 23.9. The summed E-state index contributed by atoms with van der Waals surface area (Å²) in [6, 6.07) is 15.0. The minimum absolute atomic E-state index is 0.00776. The van der Waals surface area contributed by atoms with Crippen molar-refractivity contribution in [1.82, 2.24) is 0 Å². The van der Waals surface area contributed by atoms with Crippen LogP contribution in [0.4, 0.5) is 5.69 Å². The molecule has 1 atom stereocenters. The Hall–Kier alpha value is -2.62. The molecule has 4 heteroatoms. The highest BCUT2D eigenvalue weighted by Gasteiger charge is 2.12. The summed E-state index contributed by atoms with van der Waals surface area (Å²) in [5.41, 5.74) is 3.64. The zero-order valence-electron chi connectivity index (χ0n) is 15.7. The Morgan fingerprint density at radius 3 is 2.50 bits per heavy atom. The van der Waals surface area contributed by atoms with Crippen LogP contribution in [0, 0.1) is 12.8 Å². The Kier molecular flexibility index (Phi) is 7.39. The number of ether oxygens (including phenoxy) is 1. The fourth-order valence-corrected chi connectivity index (χ4v) is 2.56. The molecule has 0 aliphatic heterocycles. The van der Waals surface area contributed by atoms with Crippen molar-refractivity contribution in [2.75, 3.05) is 11.9 Å². The Morgan fingerprint density at radius 2 is 1.85 bits per heavy atom. The number of hydrogen-bond donors (Lipinski definition) is 1. The van der Waals surface area contributed by atoms with Gasteiger partial charge >= 0.3 is 5.97 Å². The lowest BCUT2D eigenvalue weighted by Gasteiger charge is -2.13. The maximum absolute atomic E-state index is 12.0. The van der Waals surface area contributed by atoms with Crippen molar-refractivity contribution < 1.29 is 14.3 Å². The summed E-state index contributed by atoms with van der Waals surface area (Å²) in [5, 5.41) is 2.98. The molecule has 0 aliphatic carbocycles. The van der Waals surface area contributed by atoms with Crippen LogP contribution in [0.5, 0.6) is 0 Å². The molecule has 2 aromatic rings. The van der Waals surface area contributed by atoms with Crippen molar-refractivity contribution in [2.24, 2.45) is 5.92 Å². The van der Waals surface area contributed by atoms with E-state index in [1.54, 1.807) is 12.1 Å². The number of benzene rings is 2. The van der Waals surface area contributed by atoms with Crippen LogP contribution in [0.2, 0.25) is 0 Å². The molecule has 0 fully saturated rings. The fourth-order valence-electron chi connectivity index (χ4n) is 2.56. The molecule has 0 saturated carbocycles. The van der Waals surface area contributed by atoms with E-state index >= 15 is 0 Å². The van der Waals surface area contributed by atoms with Crippen molar-refractivity contribution in [3.8, 4) is 0 Å². The number of rotatable bonds is 8. The molecule has 4 nitrogen and oxygen atoms in total. The number of carbonyl (C=O) groups is 2. The van der Waals surface area contributed by atoms with Gasteiger partial charge in [-0.25, -0.2) is 4.79 Å². The molecule has 0 heterocycles. The van der Waals surface area contributed by atoms with Crippen LogP contribution < -0.4 is 5.32 Å². The van der Waals surface area contributed by atoms with Crippen molar-refractivity contribution >= 4 is 17.6 Å². The summed E-state index contributed by atoms with van der Waals surface area (Å²) in [7, 11) is 0. The number of anilines is 1. The van der Waals surface area contributed by atoms with Gasteiger partial charge in [-0.05, 0) is 55.5 Å². The zero-order chi connectivity index (χ0) is 18.9. The number of hydrogen-bond acceptors (Lipinski definition) is 3. The summed E-state index contributed by atoms with van der Waals surface area (Å²) in [6.07, 6.45) is 2.41. The van der Waals surface area contributed by atoms with Crippen molar-refractivity contribution in [3.05, 3.63) is 65.2 Å². The molecule has 0 aromatic heterocycles. The minimum atomic E-state index is -0.287. The number of carbonyl (C=O) groups excluding carboxylic acids is 2. The Morgan fingerprint density at radius 1 is 1.12 bits per heavy atom. The fraction of sp³-hybridized carbons (Fsp3) is 0.364. The minimum Gasteiger partial charge on any atom is -0.462 e. The first-order chi connectivity index (χ1) is 12.5. The lowest BCUT2D eigenvalue weighted by Crippen LogP contribution is -2.20. The summed E-state index contributed by atoms with van der Waals surface area (Å²) >= 11 is 0. The molecule has 1 amide bonds. The van der Waals surface area contributed by atoms with Gasteiger partial charge in [0.1, 0.15) is 0 Å².